The molecular formula is C22H26FN3O2S. The summed E-state index contributed by atoms with van der Waals surface area (Å²) in [6, 6.07) is 14.8. The lowest BCUT2D eigenvalue weighted by molar-refractivity contribution is 0.520. The van der Waals surface area contributed by atoms with Crippen molar-refractivity contribution in [3.63, 3.8) is 0 Å². The van der Waals surface area contributed by atoms with Crippen LogP contribution in [0.3, 0.4) is 0 Å². The maximum atomic E-state index is 14.2. The van der Waals surface area contributed by atoms with E-state index in [0.29, 0.717) is 6.42 Å². The summed E-state index contributed by atoms with van der Waals surface area (Å²) >= 11 is 0. The largest absolute Gasteiger partial charge is 0.338 e. The zero-order valence-electron chi connectivity index (χ0n) is 16.9. The summed E-state index contributed by atoms with van der Waals surface area (Å²) in [4.78, 5) is 0.263. The minimum Gasteiger partial charge on any atom is -0.338 e. The van der Waals surface area contributed by atoms with Crippen LogP contribution in [0.1, 0.15) is 16.8 Å². The van der Waals surface area contributed by atoms with E-state index in [2.05, 4.69) is 0 Å². The van der Waals surface area contributed by atoms with Crippen LogP contribution in [0.2, 0.25) is 0 Å². The minimum atomic E-state index is -3.45. The number of nitrogens with zero attached hydrogens (tertiary/aromatic N) is 2. The number of allylic oxidation sites excluding steroid dienone is 1. The van der Waals surface area contributed by atoms with Crippen LogP contribution in [0.5, 0.6) is 0 Å². The topological polar surface area (TPSA) is 68.3 Å². The molecule has 0 saturated heterocycles. The molecule has 0 aliphatic heterocycles. The Bertz CT molecular complexity index is 1150. The molecule has 0 unspecified atom stereocenters. The molecule has 0 amide bonds. The lowest BCUT2D eigenvalue weighted by Gasteiger charge is -2.12. The number of para-hydroxylation sites is 1. The average molecular weight is 416 g/mol. The molecule has 1 heterocycles. The van der Waals surface area contributed by atoms with Gasteiger partial charge < -0.3 is 10.3 Å². The second kappa shape index (κ2) is 8.49. The Balaban J connectivity index is 1.99. The zero-order valence-corrected chi connectivity index (χ0v) is 17.7. The Kier molecular flexibility index (Phi) is 6.21. The van der Waals surface area contributed by atoms with E-state index >= 15 is 0 Å². The monoisotopic (exact) mass is 415 g/mol. The molecule has 2 aromatic carbocycles. The van der Waals surface area contributed by atoms with Gasteiger partial charge >= 0.3 is 0 Å². The van der Waals surface area contributed by atoms with Crippen molar-refractivity contribution in [2.75, 3.05) is 20.6 Å². The van der Waals surface area contributed by atoms with Crippen LogP contribution >= 0.6 is 0 Å². The summed E-state index contributed by atoms with van der Waals surface area (Å²) in [7, 11) is -0.426. The van der Waals surface area contributed by atoms with E-state index in [1.165, 1.54) is 24.5 Å². The van der Waals surface area contributed by atoms with E-state index in [0.717, 1.165) is 27.7 Å². The van der Waals surface area contributed by atoms with E-state index in [1.54, 1.807) is 12.1 Å². The fourth-order valence-corrected chi connectivity index (χ4v) is 4.37. The Hall–Kier alpha value is -2.48. The van der Waals surface area contributed by atoms with Gasteiger partial charge in [0.05, 0.1) is 11.4 Å². The van der Waals surface area contributed by atoms with Crippen molar-refractivity contribution in [3.8, 4) is 0 Å². The second-order valence-electron chi connectivity index (χ2n) is 7.16. The number of benzene rings is 2. The van der Waals surface area contributed by atoms with Gasteiger partial charge in [0, 0.05) is 37.2 Å². The lowest BCUT2D eigenvalue weighted by Crippen LogP contribution is -2.22. The molecule has 1 aromatic heterocycles. The highest BCUT2D eigenvalue weighted by atomic mass is 32.2. The molecule has 5 nitrogen and oxygen atoms in total. The van der Waals surface area contributed by atoms with Gasteiger partial charge in [0.25, 0.3) is 0 Å². The Morgan fingerprint density at radius 2 is 1.79 bits per heavy atom. The van der Waals surface area contributed by atoms with Crippen LogP contribution in [-0.2, 0) is 23.0 Å². The van der Waals surface area contributed by atoms with E-state index in [9.17, 15) is 12.8 Å². The van der Waals surface area contributed by atoms with Gasteiger partial charge in [-0.05, 0) is 48.7 Å². The molecule has 0 fully saturated rings. The predicted molar refractivity (Wildman–Crippen MR) is 115 cm³/mol. The fraction of sp³-hybridized carbons (Fsp3) is 0.273. The summed E-state index contributed by atoms with van der Waals surface area (Å²) in [5.41, 5.74) is 9.47. The van der Waals surface area contributed by atoms with E-state index in [1.807, 2.05) is 47.9 Å². The number of sulfonamides is 1. The Morgan fingerprint density at radius 1 is 1.14 bits per heavy atom. The first-order chi connectivity index (χ1) is 13.8. The molecule has 0 bridgehead atoms. The van der Waals surface area contributed by atoms with Crippen molar-refractivity contribution in [2.45, 2.75) is 24.8 Å². The van der Waals surface area contributed by atoms with Gasteiger partial charge in [-0.3, -0.25) is 0 Å². The summed E-state index contributed by atoms with van der Waals surface area (Å²) in [5.74, 6) is -0.263. The smallest absolute Gasteiger partial charge is 0.242 e. The minimum absolute atomic E-state index is 0.142. The quantitative estimate of drug-likeness (QED) is 0.641. The van der Waals surface area contributed by atoms with Gasteiger partial charge in [-0.1, -0.05) is 30.3 Å². The van der Waals surface area contributed by atoms with Crippen molar-refractivity contribution < 1.29 is 12.8 Å². The van der Waals surface area contributed by atoms with Gasteiger partial charge in [-0.2, -0.15) is 0 Å². The Labute approximate surface area is 171 Å². The highest BCUT2D eigenvalue weighted by molar-refractivity contribution is 7.89. The SMILES string of the molecule is Cc1c(Cc2ccc(S(=O)(=O)N(C)C)cc2)c2ccccc2n1CC(F)=CCN. The lowest BCUT2D eigenvalue weighted by atomic mass is 10.0. The first-order valence-electron chi connectivity index (χ1n) is 9.38. The van der Waals surface area contributed by atoms with Crippen molar-refractivity contribution in [3.05, 3.63) is 77.3 Å². The van der Waals surface area contributed by atoms with Crippen molar-refractivity contribution in [1.29, 1.82) is 0 Å². The van der Waals surface area contributed by atoms with Crippen LogP contribution in [-0.4, -0.2) is 37.9 Å². The van der Waals surface area contributed by atoms with Gasteiger partial charge in [0.2, 0.25) is 10.0 Å². The number of rotatable bonds is 7. The molecule has 154 valence electrons. The van der Waals surface area contributed by atoms with E-state index in [-0.39, 0.29) is 23.8 Å². The third kappa shape index (κ3) is 4.27. The number of halogens is 1. The third-order valence-electron chi connectivity index (χ3n) is 5.09. The third-order valence-corrected chi connectivity index (χ3v) is 6.92. The van der Waals surface area contributed by atoms with Crippen LogP contribution < -0.4 is 5.73 Å². The van der Waals surface area contributed by atoms with Crippen molar-refractivity contribution in [1.82, 2.24) is 8.87 Å². The first-order valence-corrected chi connectivity index (χ1v) is 10.8. The van der Waals surface area contributed by atoms with Crippen LogP contribution in [0.15, 0.2) is 65.3 Å². The summed E-state index contributed by atoms with van der Waals surface area (Å²) in [5, 5.41) is 1.07. The van der Waals surface area contributed by atoms with Gasteiger partial charge in [0.1, 0.15) is 5.83 Å². The summed E-state index contributed by atoms with van der Waals surface area (Å²) in [6.07, 6.45) is 2.02. The number of aromatic nitrogens is 1. The molecule has 2 N–H and O–H groups in total. The molecule has 3 aromatic rings. The maximum Gasteiger partial charge on any atom is 0.242 e. The summed E-state index contributed by atoms with van der Waals surface area (Å²) < 4.78 is 41.8. The molecular weight excluding hydrogens is 389 g/mol. The van der Waals surface area contributed by atoms with Crippen LogP contribution in [0.4, 0.5) is 4.39 Å². The molecule has 0 radical (unpaired) electrons. The molecule has 0 atom stereocenters. The zero-order chi connectivity index (χ0) is 21.2. The Morgan fingerprint density at radius 3 is 2.41 bits per heavy atom. The molecule has 3 rings (SSSR count). The second-order valence-corrected chi connectivity index (χ2v) is 9.31. The highest BCUT2D eigenvalue weighted by Crippen LogP contribution is 2.29. The molecule has 0 aliphatic rings. The number of hydrogen-bond donors (Lipinski definition) is 1. The van der Waals surface area contributed by atoms with Crippen molar-refractivity contribution >= 4 is 20.9 Å². The first kappa shape index (κ1) is 21.2. The predicted octanol–water partition coefficient (Wildman–Crippen LogP) is 3.60. The standard InChI is InChI=1S/C22H26FN3O2S/c1-16-21(14-17-8-10-19(11-9-17)29(27,28)25(2)3)20-6-4-5-7-22(20)26(16)15-18(23)12-13-24/h4-12H,13-15,24H2,1-3H3. The van der Waals surface area contributed by atoms with Gasteiger partial charge in [-0.25, -0.2) is 17.1 Å². The number of hydrogen-bond acceptors (Lipinski definition) is 3. The molecule has 0 saturated carbocycles. The fourth-order valence-electron chi connectivity index (χ4n) is 3.47. The van der Waals surface area contributed by atoms with E-state index in [4.69, 9.17) is 5.73 Å². The van der Waals surface area contributed by atoms with Crippen LogP contribution in [0.25, 0.3) is 10.9 Å². The van der Waals surface area contributed by atoms with Gasteiger partial charge in [0.15, 0.2) is 0 Å². The molecule has 0 spiro atoms. The molecule has 7 heteroatoms. The van der Waals surface area contributed by atoms with Crippen LogP contribution in [0, 0.1) is 6.92 Å². The molecule has 0 aliphatic carbocycles. The van der Waals surface area contributed by atoms with Crippen molar-refractivity contribution in [2.24, 2.45) is 5.73 Å². The number of fused-ring (bicyclic) bond motifs is 1. The molecule has 29 heavy (non-hydrogen) atoms. The highest BCUT2D eigenvalue weighted by Gasteiger charge is 2.18. The average Bonchev–Trinajstić information content (AvgIpc) is 2.94. The number of nitrogens with two attached hydrogens (primary N) is 1. The summed E-state index contributed by atoms with van der Waals surface area (Å²) in [6.45, 7) is 2.29. The maximum absolute atomic E-state index is 14.2. The normalized spacial score (nSPS) is 12.8. The van der Waals surface area contributed by atoms with Gasteiger partial charge in [-0.15, -0.1) is 0 Å². The van der Waals surface area contributed by atoms with E-state index < -0.39 is 10.0 Å².